The van der Waals surface area contributed by atoms with Crippen molar-refractivity contribution in [3.63, 3.8) is 0 Å². The smallest absolute Gasteiger partial charge is 0.271 e. The summed E-state index contributed by atoms with van der Waals surface area (Å²) < 4.78 is 28.8. The molecule has 4 aromatic rings. The first kappa shape index (κ1) is 33.2. The number of halogens is 1. The van der Waals surface area contributed by atoms with Crippen molar-refractivity contribution in [3.05, 3.63) is 135 Å². The Morgan fingerprint density at radius 2 is 1.49 bits per heavy atom. The van der Waals surface area contributed by atoms with Gasteiger partial charge in [-0.15, -0.1) is 0 Å². The molecule has 0 aliphatic carbocycles. The maximum absolute atomic E-state index is 14.4. The van der Waals surface area contributed by atoms with E-state index in [1.54, 1.807) is 56.3 Å². The lowest BCUT2D eigenvalue weighted by Gasteiger charge is -2.34. The number of anilines is 1. The SMILES string of the molecule is CC(C)NC(=O)[C@@H](Cc1ccccc1)N(Cc1ccc(Cl)cc1)C(=O)CN(c1cccc([N+](=O)[O-])c1)S(=O)(=O)c1ccccc1. The molecule has 0 spiro atoms. The number of amides is 2. The minimum absolute atomic E-state index is 0.0345. The highest BCUT2D eigenvalue weighted by atomic mass is 35.5. The molecule has 0 unspecified atom stereocenters. The molecule has 2 amide bonds. The molecule has 0 bridgehead atoms. The summed E-state index contributed by atoms with van der Waals surface area (Å²) in [6, 6.07) is 27.3. The molecule has 1 N–H and O–H groups in total. The van der Waals surface area contributed by atoms with Crippen LogP contribution in [0.5, 0.6) is 0 Å². The molecule has 0 aliphatic heterocycles. The van der Waals surface area contributed by atoms with E-state index in [0.717, 1.165) is 15.9 Å². The molecule has 45 heavy (non-hydrogen) atoms. The number of hydrogen-bond acceptors (Lipinski definition) is 6. The van der Waals surface area contributed by atoms with E-state index in [0.29, 0.717) is 10.6 Å². The number of nitro benzene ring substituents is 1. The summed E-state index contributed by atoms with van der Waals surface area (Å²) in [5, 5.41) is 15.0. The minimum Gasteiger partial charge on any atom is -0.352 e. The van der Waals surface area contributed by atoms with Gasteiger partial charge in [-0.1, -0.05) is 78.3 Å². The average Bonchev–Trinajstić information content (AvgIpc) is 3.02. The number of nitrogens with one attached hydrogen (secondary N) is 1. The van der Waals surface area contributed by atoms with Gasteiger partial charge in [0.1, 0.15) is 12.6 Å². The molecule has 0 saturated carbocycles. The Labute approximate surface area is 267 Å². The van der Waals surface area contributed by atoms with Crippen molar-refractivity contribution in [3.8, 4) is 0 Å². The lowest BCUT2D eigenvalue weighted by atomic mass is 10.0. The predicted molar refractivity (Wildman–Crippen MR) is 173 cm³/mol. The third-order valence-electron chi connectivity index (χ3n) is 6.91. The van der Waals surface area contributed by atoms with Crippen molar-refractivity contribution < 1.29 is 22.9 Å². The topological polar surface area (TPSA) is 130 Å². The van der Waals surface area contributed by atoms with Gasteiger partial charge in [0, 0.05) is 36.2 Å². The largest absolute Gasteiger partial charge is 0.352 e. The number of carbonyl (C=O) groups is 2. The zero-order valence-corrected chi connectivity index (χ0v) is 26.3. The molecular weight excluding hydrogens is 616 g/mol. The van der Waals surface area contributed by atoms with Crippen LogP contribution in [0.15, 0.2) is 114 Å². The van der Waals surface area contributed by atoms with Crippen LogP contribution in [0.4, 0.5) is 11.4 Å². The van der Waals surface area contributed by atoms with Crippen molar-refractivity contribution in [2.75, 3.05) is 10.8 Å². The van der Waals surface area contributed by atoms with Crippen molar-refractivity contribution in [1.29, 1.82) is 0 Å². The molecule has 4 rings (SSSR count). The third-order valence-corrected chi connectivity index (χ3v) is 8.95. The normalized spacial score (nSPS) is 11.9. The summed E-state index contributed by atoms with van der Waals surface area (Å²) >= 11 is 6.10. The van der Waals surface area contributed by atoms with Crippen LogP contribution >= 0.6 is 11.6 Å². The van der Waals surface area contributed by atoms with Gasteiger partial charge in [-0.2, -0.15) is 0 Å². The van der Waals surface area contributed by atoms with Crippen LogP contribution in [-0.4, -0.2) is 48.7 Å². The van der Waals surface area contributed by atoms with Gasteiger partial charge in [0.05, 0.1) is 15.5 Å². The Hall–Kier alpha value is -4.74. The summed E-state index contributed by atoms with van der Waals surface area (Å²) in [5.74, 6) is -1.10. The van der Waals surface area contributed by atoms with E-state index in [1.807, 2.05) is 30.3 Å². The highest BCUT2D eigenvalue weighted by Gasteiger charge is 2.35. The predicted octanol–water partition coefficient (Wildman–Crippen LogP) is 5.61. The second-order valence-corrected chi connectivity index (χ2v) is 12.9. The highest BCUT2D eigenvalue weighted by Crippen LogP contribution is 2.28. The maximum Gasteiger partial charge on any atom is 0.271 e. The zero-order valence-electron chi connectivity index (χ0n) is 24.7. The van der Waals surface area contributed by atoms with Crippen molar-refractivity contribution in [2.45, 2.75) is 43.8 Å². The Balaban J connectivity index is 1.82. The lowest BCUT2D eigenvalue weighted by molar-refractivity contribution is -0.384. The molecule has 10 nitrogen and oxygen atoms in total. The first-order chi connectivity index (χ1) is 21.5. The van der Waals surface area contributed by atoms with Gasteiger partial charge in [-0.3, -0.25) is 24.0 Å². The van der Waals surface area contributed by atoms with Crippen LogP contribution < -0.4 is 9.62 Å². The summed E-state index contributed by atoms with van der Waals surface area (Å²) in [5.41, 5.74) is 1.04. The second kappa shape index (κ2) is 14.8. The van der Waals surface area contributed by atoms with Crippen molar-refractivity contribution in [1.82, 2.24) is 10.2 Å². The van der Waals surface area contributed by atoms with Crippen LogP contribution in [0.1, 0.15) is 25.0 Å². The van der Waals surface area contributed by atoms with Gasteiger partial charge in [0.15, 0.2) is 0 Å². The van der Waals surface area contributed by atoms with Crippen LogP contribution in [0.25, 0.3) is 0 Å². The van der Waals surface area contributed by atoms with Crippen molar-refractivity contribution in [2.24, 2.45) is 0 Å². The summed E-state index contributed by atoms with van der Waals surface area (Å²) in [4.78, 5) is 40.3. The molecule has 1 atom stereocenters. The summed E-state index contributed by atoms with van der Waals surface area (Å²) in [6.07, 6.45) is 0.154. The van der Waals surface area contributed by atoms with Gasteiger partial charge < -0.3 is 10.2 Å². The second-order valence-electron chi connectivity index (χ2n) is 10.6. The Morgan fingerprint density at radius 1 is 0.867 bits per heavy atom. The lowest BCUT2D eigenvalue weighted by Crippen LogP contribution is -2.54. The number of non-ortho nitro benzene ring substituents is 1. The van der Waals surface area contributed by atoms with E-state index in [4.69, 9.17) is 11.6 Å². The summed E-state index contributed by atoms with van der Waals surface area (Å²) in [7, 11) is -4.38. The Bertz CT molecular complexity index is 1740. The van der Waals surface area contributed by atoms with Crippen LogP contribution in [0.3, 0.4) is 0 Å². The standard InChI is InChI=1S/C33H33ClN4O6S/c1-24(2)35-33(40)31(20-25-10-5-3-6-11-25)36(22-26-16-18-27(34)19-17-26)32(39)23-37(28-12-9-13-29(21-28)38(41)42)45(43,44)30-14-7-4-8-15-30/h3-19,21,24,31H,20,22-23H2,1-2H3,(H,35,40)/t31-/m1/s1. The molecule has 0 saturated heterocycles. The first-order valence-corrected chi connectivity index (χ1v) is 16.0. The van der Waals surface area contributed by atoms with E-state index < -0.39 is 39.3 Å². The van der Waals surface area contributed by atoms with E-state index >= 15 is 0 Å². The molecule has 0 aliphatic rings. The fourth-order valence-corrected chi connectivity index (χ4v) is 6.28. The van der Waals surface area contributed by atoms with Gasteiger partial charge in [0.2, 0.25) is 11.8 Å². The Morgan fingerprint density at radius 3 is 2.09 bits per heavy atom. The summed E-state index contributed by atoms with van der Waals surface area (Å²) in [6.45, 7) is 2.85. The van der Waals surface area contributed by atoms with Crippen molar-refractivity contribution >= 4 is 44.8 Å². The molecular formula is C33H33ClN4O6S. The maximum atomic E-state index is 14.4. The van der Waals surface area contributed by atoms with Gasteiger partial charge in [0.25, 0.3) is 15.7 Å². The number of nitrogens with zero attached hydrogens (tertiary/aromatic N) is 3. The monoisotopic (exact) mass is 648 g/mol. The quantitative estimate of drug-likeness (QED) is 0.148. The van der Waals surface area contributed by atoms with E-state index in [1.165, 1.54) is 35.2 Å². The molecule has 12 heteroatoms. The number of hydrogen-bond donors (Lipinski definition) is 1. The van der Waals surface area contributed by atoms with Gasteiger partial charge >= 0.3 is 0 Å². The van der Waals surface area contributed by atoms with Gasteiger partial charge in [-0.25, -0.2) is 8.42 Å². The van der Waals surface area contributed by atoms with E-state index in [9.17, 15) is 28.1 Å². The molecule has 234 valence electrons. The minimum atomic E-state index is -4.38. The van der Waals surface area contributed by atoms with E-state index in [-0.39, 0.29) is 35.3 Å². The number of sulfonamides is 1. The Kier molecular flexibility index (Phi) is 10.9. The van der Waals surface area contributed by atoms with Crippen LogP contribution in [-0.2, 0) is 32.6 Å². The number of rotatable bonds is 13. The zero-order chi connectivity index (χ0) is 32.6. The fraction of sp³-hybridized carbons (Fsp3) is 0.212. The number of carbonyl (C=O) groups excluding carboxylic acids is 2. The fourth-order valence-electron chi connectivity index (χ4n) is 4.73. The highest BCUT2D eigenvalue weighted by molar-refractivity contribution is 7.92. The molecule has 4 aromatic carbocycles. The van der Waals surface area contributed by atoms with E-state index in [2.05, 4.69) is 5.32 Å². The number of benzene rings is 4. The third kappa shape index (κ3) is 8.68. The average molecular weight is 649 g/mol. The van der Waals surface area contributed by atoms with Gasteiger partial charge in [-0.05, 0) is 55.3 Å². The molecule has 0 heterocycles. The van der Waals surface area contributed by atoms with Crippen LogP contribution in [0.2, 0.25) is 5.02 Å². The van der Waals surface area contributed by atoms with Crippen LogP contribution in [0, 0.1) is 10.1 Å². The molecule has 0 radical (unpaired) electrons. The number of nitro groups is 1. The first-order valence-electron chi connectivity index (χ1n) is 14.2. The molecule has 0 fully saturated rings. The molecule has 0 aromatic heterocycles.